The number of nitrogens with zero attached hydrogens (tertiary/aromatic N) is 3. The first-order valence-corrected chi connectivity index (χ1v) is 10.0. The first kappa shape index (κ1) is 18.3. The standard InChI is InChI=1S/C17H17N3O4S2/c1-19(26(23,24)15-7-8-25-16(15)17(21)22)10-14-9-18-20(12-14)11-13-5-3-2-4-6-13/h2-9,12H,10-11H2,1H3,(H,21,22). The normalized spacial score (nSPS) is 11.8. The lowest BCUT2D eigenvalue weighted by Crippen LogP contribution is -2.27. The molecule has 0 aliphatic heterocycles. The van der Waals surface area contributed by atoms with Gasteiger partial charge in [0.15, 0.2) is 0 Å². The number of hydrogen-bond acceptors (Lipinski definition) is 5. The van der Waals surface area contributed by atoms with E-state index in [9.17, 15) is 13.2 Å². The summed E-state index contributed by atoms with van der Waals surface area (Å²) in [6.45, 7) is 0.691. The third-order valence-electron chi connectivity index (χ3n) is 3.79. The molecular weight excluding hydrogens is 374 g/mol. The molecule has 0 fully saturated rings. The fourth-order valence-electron chi connectivity index (χ4n) is 2.51. The molecule has 3 rings (SSSR count). The lowest BCUT2D eigenvalue weighted by atomic mass is 10.2. The molecule has 136 valence electrons. The summed E-state index contributed by atoms with van der Waals surface area (Å²) in [4.78, 5) is 10.8. The zero-order valence-corrected chi connectivity index (χ0v) is 15.6. The van der Waals surface area contributed by atoms with Gasteiger partial charge in [0.25, 0.3) is 0 Å². The number of rotatable bonds is 7. The monoisotopic (exact) mass is 391 g/mol. The Morgan fingerprint density at radius 2 is 1.96 bits per heavy atom. The van der Waals surface area contributed by atoms with Gasteiger partial charge >= 0.3 is 5.97 Å². The second-order valence-electron chi connectivity index (χ2n) is 5.71. The summed E-state index contributed by atoms with van der Waals surface area (Å²) in [6.07, 6.45) is 3.39. The van der Waals surface area contributed by atoms with E-state index in [1.165, 1.54) is 18.5 Å². The summed E-state index contributed by atoms with van der Waals surface area (Å²) in [6, 6.07) is 11.1. The van der Waals surface area contributed by atoms with E-state index in [-0.39, 0.29) is 16.3 Å². The van der Waals surface area contributed by atoms with Gasteiger partial charge in [-0.1, -0.05) is 30.3 Å². The molecule has 1 N–H and O–H groups in total. The molecule has 0 atom stereocenters. The second kappa shape index (κ2) is 7.40. The molecule has 0 saturated heterocycles. The number of aromatic nitrogens is 2. The number of hydrogen-bond donors (Lipinski definition) is 1. The van der Waals surface area contributed by atoms with Crippen molar-refractivity contribution in [2.24, 2.45) is 0 Å². The van der Waals surface area contributed by atoms with Crippen molar-refractivity contribution < 1.29 is 18.3 Å². The molecule has 0 saturated carbocycles. The van der Waals surface area contributed by atoms with Crippen LogP contribution in [-0.2, 0) is 23.1 Å². The van der Waals surface area contributed by atoms with Gasteiger partial charge in [-0.3, -0.25) is 4.68 Å². The van der Waals surface area contributed by atoms with Gasteiger partial charge in [0.05, 0.1) is 12.7 Å². The molecule has 3 aromatic rings. The zero-order valence-electron chi connectivity index (χ0n) is 13.9. The van der Waals surface area contributed by atoms with Crippen LogP contribution in [0.5, 0.6) is 0 Å². The van der Waals surface area contributed by atoms with Gasteiger partial charge in [-0.15, -0.1) is 11.3 Å². The maximum absolute atomic E-state index is 12.7. The number of benzene rings is 1. The van der Waals surface area contributed by atoms with Crippen molar-refractivity contribution in [2.75, 3.05) is 7.05 Å². The minimum absolute atomic E-state index is 0.103. The van der Waals surface area contributed by atoms with Gasteiger partial charge in [0, 0.05) is 25.4 Å². The lowest BCUT2D eigenvalue weighted by Gasteiger charge is -2.16. The highest BCUT2D eigenvalue weighted by atomic mass is 32.2. The number of aromatic carboxylic acids is 1. The summed E-state index contributed by atoms with van der Waals surface area (Å²) in [7, 11) is -2.47. The van der Waals surface area contributed by atoms with Crippen LogP contribution < -0.4 is 0 Å². The average molecular weight is 391 g/mol. The Hall–Kier alpha value is -2.49. The van der Waals surface area contributed by atoms with Crippen molar-refractivity contribution in [3.63, 3.8) is 0 Å². The van der Waals surface area contributed by atoms with Crippen molar-refractivity contribution in [1.29, 1.82) is 0 Å². The van der Waals surface area contributed by atoms with Gasteiger partial charge in [0.2, 0.25) is 10.0 Å². The second-order valence-corrected chi connectivity index (χ2v) is 8.64. The van der Waals surface area contributed by atoms with Crippen LogP contribution in [-0.4, -0.2) is 40.6 Å². The fraction of sp³-hybridized carbons (Fsp3) is 0.176. The summed E-state index contributed by atoms with van der Waals surface area (Å²) in [5.74, 6) is -1.25. The van der Waals surface area contributed by atoms with Crippen molar-refractivity contribution in [2.45, 2.75) is 18.0 Å². The Morgan fingerprint density at radius 1 is 1.23 bits per heavy atom. The maximum Gasteiger partial charge on any atom is 0.347 e. The van der Waals surface area contributed by atoms with Crippen molar-refractivity contribution in [1.82, 2.24) is 14.1 Å². The minimum atomic E-state index is -3.89. The molecule has 0 unspecified atom stereocenters. The molecule has 0 aliphatic carbocycles. The Kier molecular flexibility index (Phi) is 5.21. The largest absolute Gasteiger partial charge is 0.477 e. The van der Waals surface area contributed by atoms with E-state index in [1.54, 1.807) is 17.1 Å². The summed E-state index contributed by atoms with van der Waals surface area (Å²) in [5.41, 5.74) is 1.81. The fourth-order valence-corrected chi connectivity index (χ4v) is 4.90. The van der Waals surface area contributed by atoms with Crippen molar-refractivity contribution in [3.8, 4) is 0 Å². The van der Waals surface area contributed by atoms with Crippen LogP contribution in [0.15, 0.2) is 59.1 Å². The Morgan fingerprint density at radius 3 is 2.65 bits per heavy atom. The van der Waals surface area contributed by atoms with Crippen LogP contribution in [0.25, 0.3) is 0 Å². The van der Waals surface area contributed by atoms with Gasteiger partial charge in [-0.25, -0.2) is 13.2 Å². The van der Waals surface area contributed by atoms with Gasteiger partial charge < -0.3 is 5.11 Å². The van der Waals surface area contributed by atoms with Crippen LogP contribution >= 0.6 is 11.3 Å². The molecule has 26 heavy (non-hydrogen) atoms. The van der Waals surface area contributed by atoms with E-state index in [4.69, 9.17) is 5.11 Å². The molecule has 7 nitrogen and oxygen atoms in total. The van der Waals surface area contributed by atoms with Crippen molar-refractivity contribution >= 4 is 27.3 Å². The highest BCUT2D eigenvalue weighted by molar-refractivity contribution is 7.89. The van der Waals surface area contributed by atoms with E-state index in [1.807, 2.05) is 30.3 Å². The van der Waals surface area contributed by atoms with Crippen LogP contribution in [0.3, 0.4) is 0 Å². The first-order valence-electron chi connectivity index (χ1n) is 7.70. The SMILES string of the molecule is CN(Cc1cnn(Cc2ccccc2)c1)S(=O)(=O)c1ccsc1C(=O)O. The molecule has 2 aromatic heterocycles. The van der Waals surface area contributed by atoms with Gasteiger partial charge in [0.1, 0.15) is 9.77 Å². The van der Waals surface area contributed by atoms with Gasteiger partial charge in [-0.05, 0) is 17.0 Å². The predicted molar refractivity (Wildman–Crippen MR) is 97.7 cm³/mol. The Bertz CT molecular complexity index is 1010. The third-order valence-corrected chi connectivity index (χ3v) is 6.67. The lowest BCUT2D eigenvalue weighted by molar-refractivity contribution is 0.0698. The zero-order chi connectivity index (χ0) is 18.7. The molecular formula is C17H17N3O4S2. The highest BCUT2D eigenvalue weighted by Crippen LogP contribution is 2.25. The van der Waals surface area contributed by atoms with Crippen LogP contribution in [0, 0.1) is 0 Å². The third kappa shape index (κ3) is 3.85. The molecule has 9 heteroatoms. The van der Waals surface area contributed by atoms with Crippen LogP contribution in [0.2, 0.25) is 0 Å². The van der Waals surface area contributed by atoms with Crippen molar-refractivity contribution in [3.05, 3.63) is 70.2 Å². The Balaban J connectivity index is 1.74. The predicted octanol–water partition coefficient (Wildman–Crippen LogP) is 2.51. The van der Waals surface area contributed by atoms with Crippen LogP contribution in [0.4, 0.5) is 0 Å². The number of carboxylic acid groups (broad SMARTS) is 1. The summed E-state index contributed by atoms with van der Waals surface area (Å²) in [5, 5.41) is 14.9. The topological polar surface area (TPSA) is 92.5 Å². The molecule has 0 radical (unpaired) electrons. The number of sulfonamides is 1. The quantitative estimate of drug-likeness (QED) is 0.668. The van der Waals surface area contributed by atoms with E-state index >= 15 is 0 Å². The first-order chi connectivity index (χ1) is 12.4. The smallest absolute Gasteiger partial charge is 0.347 e. The van der Waals surface area contributed by atoms with E-state index in [0.717, 1.165) is 26.8 Å². The van der Waals surface area contributed by atoms with Crippen LogP contribution in [0.1, 0.15) is 20.8 Å². The maximum atomic E-state index is 12.7. The average Bonchev–Trinajstić information content (AvgIpc) is 3.25. The molecule has 2 heterocycles. The van der Waals surface area contributed by atoms with E-state index in [2.05, 4.69) is 5.10 Å². The van der Waals surface area contributed by atoms with E-state index < -0.39 is 16.0 Å². The Labute approximate surface area is 155 Å². The molecule has 1 aromatic carbocycles. The number of thiophene rings is 1. The number of carboxylic acids is 1. The molecule has 0 spiro atoms. The summed E-state index contributed by atoms with van der Waals surface area (Å²) >= 11 is 0.892. The minimum Gasteiger partial charge on any atom is -0.477 e. The van der Waals surface area contributed by atoms with Gasteiger partial charge in [-0.2, -0.15) is 9.40 Å². The molecule has 0 aliphatic rings. The highest BCUT2D eigenvalue weighted by Gasteiger charge is 2.28. The molecule has 0 amide bonds. The number of carbonyl (C=O) groups is 1. The molecule has 0 bridgehead atoms. The summed E-state index contributed by atoms with van der Waals surface area (Å²) < 4.78 is 28.2. The van der Waals surface area contributed by atoms with E-state index in [0.29, 0.717) is 6.54 Å².